The molecule has 1 aromatic heterocycles. The van der Waals surface area contributed by atoms with Gasteiger partial charge in [-0.15, -0.1) is 0 Å². The summed E-state index contributed by atoms with van der Waals surface area (Å²) in [5.41, 5.74) is 3.12. The molecule has 2 aromatic carbocycles. The average molecular weight is 401 g/mol. The highest BCUT2D eigenvalue weighted by molar-refractivity contribution is 5.92. The maximum atomic E-state index is 12.9. The quantitative estimate of drug-likeness (QED) is 0.313. The highest BCUT2D eigenvalue weighted by Crippen LogP contribution is 2.29. The first-order chi connectivity index (χ1) is 14.6. The molecular formula is C24H23N3O3. The second kappa shape index (κ2) is 8.78. The third kappa shape index (κ3) is 4.84. The Hall–Kier alpha value is -3.67. The molecule has 0 N–H and O–H groups in total. The number of nitro groups is 1. The van der Waals surface area contributed by atoms with Crippen molar-refractivity contribution < 1.29 is 9.72 Å². The van der Waals surface area contributed by atoms with E-state index in [4.69, 9.17) is 0 Å². The lowest BCUT2D eigenvalue weighted by Crippen LogP contribution is -2.32. The van der Waals surface area contributed by atoms with E-state index in [1.807, 2.05) is 35.4 Å². The molecule has 152 valence electrons. The van der Waals surface area contributed by atoms with E-state index in [-0.39, 0.29) is 17.6 Å². The Labute approximate surface area is 175 Å². The molecule has 6 heteroatoms. The van der Waals surface area contributed by atoms with Gasteiger partial charge in [-0.2, -0.15) is 0 Å². The lowest BCUT2D eigenvalue weighted by atomic mass is 10.2. The number of nitro benzene ring substituents is 1. The molecule has 0 saturated heterocycles. The third-order valence-corrected chi connectivity index (χ3v) is 5.24. The lowest BCUT2D eigenvalue weighted by molar-refractivity contribution is -0.384. The van der Waals surface area contributed by atoms with Crippen molar-refractivity contribution in [2.24, 2.45) is 0 Å². The fourth-order valence-corrected chi connectivity index (χ4v) is 3.45. The van der Waals surface area contributed by atoms with Gasteiger partial charge < -0.3 is 9.47 Å². The van der Waals surface area contributed by atoms with Crippen LogP contribution >= 0.6 is 0 Å². The van der Waals surface area contributed by atoms with Crippen molar-refractivity contribution in [2.75, 3.05) is 0 Å². The number of hydrogen-bond acceptors (Lipinski definition) is 3. The topological polar surface area (TPSA) is 68.4 Å². The van der Waals surface area contributed by atoms with E-state index in [1.165, 1.54) is 17.7 Å². The number of nitrogens with zero attached hydrogens (tertiary/aromatic N) is 3. The van der Waals surface area contributed by atoms with Gasteiger partial charge in [0, 0.05) is 42.7 Å². The fraction of sp³-hybridized carbons (Fsp3) is 0.208. The molecule has 1 aliphatic rings. The summed E-state index contributed by atoms with van der Waals surface area (Å²) in [5, 5.41) is 10.8. The number of aromatic nitrogens is 1. The number of amides is 1. The van der Waals surface area contributed by atoms with Crippen LogP contribution in [0.2, 0.25) is 0 Å². The van der Waals surface area contributed by atoms with Gasteiger partial charge >= 0.3 is 0 Å². The average Bonchev–Trinajstić information content (AvgIpc) is 3.51. The van der Waals surface area contributed by atoms with Gasteiger partial charge in [0.05, 0.1) is 11.5 Å². The van der Waals surface area contributed by atoms with Gasteiger partial charge in [0.15, 0.2) is 0 Å². The van der Waals surface area contributed by atoms with Crippen LogP contribution in [0.1, 0.15) is 29.7 Å². The van der Waals surface area contributed by atoms with Crippen molar-refractivity contribution in [3.8, 4) is 0 Å². The Balaban J connectivity index is 1.45. The summed E-state index contributed by atoms with van der Waals surface area (Å²) in [6.07, 6.45) is 7.37. The summed E-state index contributed by atoms with van der Waals surface area (Å²) in [6.45, 7) is 1.34. The molecule has 1 fully saturated rings. The van der Waals surface area contributed by atoms with Crippen molar-refractivity contribution in [1.82, 2.24) is 9.47 Å². The van der Waals surface area contributed by atoms with Crippen LogP contribution in [0.25, 0.3) is 6.08 Å². The molecule has 0 spiro atoms. The molecule has 0 aliphatic heterocycles. The molecule has 1 aliphatic carbocycles. The zero-order valence-electron chi connectivity index (χ0n) is 16.6. The standard InChI is InChI=1S/C24H23N3O3/c28-24(15-10-19-8-11-22(12-9-19)27(29)30)26(21-13-14-21)18-23-7-4-16-25(23)17-20-5-2-1-3-6-20/h1-12,15-16,21H,13-14,17-18H2. The number of benzene rings is 2. The van der Waals surface area contributed by atoms with Crippen LogP contribution in [-0.4, -0.2) is 26.3 Å². The highest BCUT2D eigenvalue weighted by atomic mass is 16.6. The summed E-state index contributed by atoms with van der Waals surface area (Å²) in [6, 6.07) is 20.8. The van der Waals surface area contributed by atoms with Gasteiger partial charge in [0.1, 0.15) is 0 Å². The predicted molar refractivity (Wildman–Crippen MR) is 116 cm³/mol. The van der Waals surface area contributed by atoms with Crippen molar-refractivity contribution in [1.29, 1.82) is 0 Å². The zero-order valence-corrected chi connectivity index (χ0v) is 16.6. The number of carbonyl (C=O) groups excluding carboxylic acids is 1. The SMILES string of the molecule is O=C(C=Cc1ccc([N+](=O)[O-])cc1)N(Cc1cccn1Cc1ccccc1)C1CC1. The van der Waals surface area contributed by atoms with Gasteiger partial charge in [0.2, 0.25) is 5.91 Å². The normalized spacial score (nSPS) is 13.5. The third-order valence-electron chi connectivity index (χ3n) is 5.24. The Morgan fingerprint density at radius 2 is 1.80 bits per heavy atom. The first-order valence-corrected chi connectivity index (χ1v) is 10.0. The molecule has 1 saturated carbocycles. The molecule has 30 heavy (non-hydrogen) atoms. The first kappa shape index (κ1) is 19.6. The van der Waals surface area contributed by atoms with Crippen LogP contribution in [0.15, 0.2) is 79.0 Å². The van der Waals surface area contributed by atoms with Crippen molar-refractivity contribution in [2.45, 2.75) is 32.0 Å². The van der Waals surface area contributed by atoms with E-state index in [9.17, 15) is 14.9 Å². The van der Waals surface area contributed by atoms with E-state index >= 15 is 0 Å². The van der Waals surface area contributed by atoms with E-state index < -0.39 is 4.92 Å². The number of carbonyl (C=O) groups is 1. The van der Waals surface area contributed by atoms with E-state index in [1.54, 1.807) is 24.3 Å². The molecule has 4 rings (SSSR count). The van der Waals surface area contributed by atoms with Crippen LogP contribution in [-0.2, 0) is 17.9 Å². The highest BCUT2D eigenvalue weighted by Gasteiger charge is 2.32. The van der Waals surface area contributed by atoms with Gasteiger partial charge in [0.25, 0.3) is 5.69 Å². The summed E-state index contributed by atoms with van der Waals surface area (Å²) >= 11 is 0. The van der Waals surface area contributed by atoms with E-state index in [0.29, 0.717) is 6.54 Å². The maximum absolute atomic E-state index is 12.9. The van der Waals surface area contributed by atoms with Crippen molar-refractivity contribution >= 4 is 17.7 Å². The Morgan fingerprint density at radius 3 is 2.47 bits per heavy atom. The predicted octanol–water partition coefficient (Wildman–Crippen LogP) is 4.65. The van der Waals surface area contributed by atoms with Crippen molar-refractivity contribution in [3.05, 3.63) is 106 Å². The molecule has 0 unspecified atom stereocenters. The largest absolute Gasteiger partial charge is 0.345 e. The summed E-state index contributed by atoms with van der Waals surface area (Å²) < 4.78 is 2.18. The minimum Gasteiger partial charge on any atom is -0.345 e. The van der Waals surface area contributed by atoms with Gasteiger partial charge in [-0.25, -0.2) is 0 Å². The zero-order chi connectivity index (χ0) is 20.9. The lowest BCUT2D eigenvalue weighted by Gasteiger charge is -2.22. The summed E-state index contributed by atoms with van der Waals surface area (Å²) in [5.74, 6) is -0.0386. The molecule has 0 radical (unpaired) electrons. The second-order valence-corrected chi connectivity index (χ2v) is 7.49. The molecule has 0 bridgehead atoms. The Bertz CT molecular complexity index is 1050. The smallest absolute Gasteiger partial charge is 0.269 e. The Kier molecular flexibility index (Phi) is 5.75. The summed E-state index contributed by atoms with van der Waals surface area (Å²) in [4.78, 5) is 25.1. The van der Waals surface area contributed by atoms with Crippen molar-refractivity contribution in [3.63, 3.8) is 0 Å². The molecule has 3 aromatic rings. The molecular weight excluding hydrogens is 378 g/mol. The Morgan fingerprint density at radius 1 is 1.07 bits per heavy atom. The molecule has 6 nitrogen and oxygen atoms in total. The number of rotatable bonds is 8. The molecule has 1 heterocycles. The first-order valence-electron chi connectivity index (χ1n) is 10.0. The minimum atomic E-state index is -0.433. The van der Waals surface area contributed by atoms with Crippen LogP contribution < -0.4 is 0 Å². The van der Waals surface area contributed by atoms with Crippen LogP contribution in [0, 0.1) is 10.1 Å². The molecule has 1 amide bonds. The van der Waals surface area contributed by atoms with Gasteiger partial charge in [-0.1, -0.05) is 30.3 Å². The number of non-ortho nitro benzene ring substituents is 1. The summed E-state index contributed by atoms with van der Waals surface area (Å²) in [7, 11) is 0. The van der Waals surface area contributed by atoms with Crippen LogP contribution in [0.4, 0.5) is 5.69 Å². The second-order valence-electron chi connectivity index (χ2n) is 7.49. The van der Waals surface area contributed by atoms with Crippen LogP contribution in [0.3, 0.4) is 0 Å². The van der Waals surface area contributed by atoms with Gasteiger partial charge in [-0.05, 0) is 54.3 Å². The fourth-order valence-electron chi connectivity index (χ4n) is 3.45. The van der Waals surface area contributed by atoms with E-state index in [0.717, 1.165) is 30.6 Å². The van der Waals surface area contributed by atoms with E-state index in [2.05, 4.69) is 22.8 Å². The minimum absolute atomic E-state index is 0.0386. The van der Waals surface area contributed by atoms with Crippen LogP contribution in [0.5, 0.6) is 0 Å². The molecule has 0 atom stereocenters. The van der Waals surface area contributed by atoms with Gasteiger partial charge in [-0.3, -0.25) is 14.9 Å². The maximum Gasteiger partial charge on any atom is 0.269 e. The number of hydrogen-bond donors (Lipinski definition) is 0. The monoisotopic (exact) mass is 401 g/mol.